The van der Waals surface area contributed by atoms with Crippen LogP contribution >= 0.6 is 22.6 Å². The van der Waals surface area contributed by atoms with Crippen molar-refractivity contribution in [1.29, 1.82) is 5.26 Å². The highest BCUT2D eigenvalue weighted by Gasteiger charge is 2.02. The summed E-state index contributed by atoms with van der Waals surface area (Å²) in [5.74, 6) is 0. The van der Waals surface area contributed by atoms with Crippen LogP contribution in [-0.2, 0) is 4.55 Å². The van der Waals surface area contributed by atoms with Crippen molar-refractivity contribution in [1.82, 2.24) is 15.0 Å². The summed E-state index contributed by atoms with van der Waals surface area (Å²) in [4.78, 5) is 1.49. The van der Waals surface area contributed by atoms with E-state index < -0.39 is 0 Å². The van der Waals surface area contributed by atoms with Gasteiger partial charge in [-0.05, 0) is 6.92 Å². The summed E-state index contributed by atoms with van der Waals surface area (Å²) in [6, 6.07) is 1.95. The standard InChI is InChI=1S/C5H5IN4/c1-4-5(2-7)9-10(3-6)8-4/h3H2,1H3. The second-order valence-electron chi connectivity index (χ2n) is 1.74. The monoisotopic (exact) mass is 248 g/mol. The van der Waals surface area contributed by atoms with Gasteiger partial charge < -0.3 is 0 Å². The van der Waals surface area contributed by atoms with E-state index in [1.54, 1.807) is 6.92 Å². The van der Waals surface area contributed by atoms with Crippen LogP contribution in [0.25, 0.3) is 0 Å². The second-order valence-corrected chi connectivity index (χ2v) is 2.42. The second kappa shape index (κ2) is 2.96. The van der Waals surface area contributed by atoms with Gasteiger partial charge in [-0.15, -0.1) is 5.10 Å². The predicted molar refractivity (Wildman–Crippen MR) is 43.5 cm³/mol. The fourth-order valence-electron chi connectivity index (χ4n) is 0.587. The average Bonchev–Trinajstić information content (AvgIpc) is 2.30. The Morgan fingerprint density at radius 3 is 2.70 bits per heavy atom. The van der Waals surface area contributed by atoms with E-state index in [4.69, 9.17) is 5.26 Å². The van der Waals surface area contributed by atoms with Crippen molar-refractivity contribution < 1.29 is 0 Å². The highest BCUT2D eigenvalue weighted by atomic mass is 127. The van der Waals surface area contributed by atoms with E-state index in [1.807, 2.05) is 6.07 Å². The van der Waals surface area contributed by atoms with Crippen molar-refractivity contribution >= 4 is 22.6 Å². The predicted octanol–water partition coefficient (Wildman–Crippen LogP) is 0.851. The quantitative estimate of drug-likeness (QED) is 0.546. The van der Waals surface area contributed by atoms with Crippen molar-refractivity contribution in [2.45, 2.75) is 11.5 Å². The van der Waals surface area contributed by atoms with E-state index in [0.717, 1.165) is 0 Å². The summed E-state index contributed by atoms with van der Waals surface area (Å²) in [6.45, 7) is 1.77. The largest absolute Gasteiger partial charge is 0.191 e. The molecule has 0 saturated heterocycles. The molecule has 0 aromatic carbocycles. The van der Waals surface area contributed by atoms with Gasteiger partial charge in [0.15, 0.2) is 5.69 Å². The van der Waals surface area contributed by atoms with Crippen LogP contribution in [0.4, 0.5) is 0 Å². The molecule has 0 fully saturated rings. The average molecular weight is 248 g/mol. The Labute approximate surface area is 72.0 Å². The first kappa shape index (κ1) is 7.47. The van der Waals surface area contributed by atoms with Crippen molar-refractivity contribution in [3.63, 3.8) is 0 Å². The van der Waals surface area contributed by atoms with Crippen molar-refractivity contribution in [3.8, 4) is 6.07 Å². The lowest BCUT2D eigenvalue weighted by Gasteiger charge is -1.84. The summed E-state index contributed by atoms with van der Waals surface area (Å²) in [5, 5.41) is 16.3. The van der Waals surface area contributed by atoms with Crippen molar-refractivity contribution in [2.24, 2.45) is 0 Å². The van der Waals surface area contributed by atoms with Crippen LogP contribution in [0.5, 0.6) is 0 Å². The molecular formula is C5H5IN4. The van der Waals surface area contributed by atoms with E-state index in [1.165, 1.54) is 4.80 Å². The Bertz CT molecular complexity index is 272. The molecule has 1 aromatic rings. The van der Waals surface area contributed by atoms with Crippen LogP contribution in [-0.4, -0.2) is 15.0 Å². The lowest BCUT2D eigenvalue weighted by atomic mass is 10.4. The molecule has 0 bridgehead atoms. The molecule has 0 amide bonds. The Morgan fingerprint density at radius 1 is 1.70 bits per heavy atom. The Balaban J connectivity index is 3.07. The molecule has 5 heteroatoms. The van der Waals surface area contributed by atoms with Gasteiger partial charge >= 0.3 is 0 Å². The maximum absolute atomic E-state index is 8.46. The van der Waals surface area contributed by atoms with E-state index in [2.05, 4.69) is 32.8 Å². The maximum Gasteiger partial charge on any atom is 0.185 e. The fourth-order valence-corrected chi connectivity index (χ4v) is 0.892. The molecule has 0 aliphatic heterocycles. The molecular weight excluding hydrogens is 243 g/mol. The van der Waals surface area contributed by atoms with E-state index in [9.17, 15) is 0 Å². The zero-order valence-corrected chi connectivity index (χ0v) is 7.53. The number of alkyl halides is 1. The lowest BCUT2D eigenvalue weighted by Crippen LogP contribution is -1.95. The molecule has 1 rings (SSSR count). The van der Waals surface area contributed by atoms with E-state index >= 15 is 0 Å². The molecule has 1 heterocycles. The first-order chi connectivity index (χ1) is 4.77. The van der Waals surface area contributed by atoms with Crippen molar-refractivity contribution in [3.05, 3.63) is 11.4 Å². The maximum atomic E-state index is 8.46. The topological polar surface area (TPSA) is 54.5 Å². The minimum absolute atomic E-state index is 0.414. The smallest absolute Gasteiger partial charge is 0.185 e. The summed E-state index contributed by atoms with van der Waals surface area (Å²) in [5.41, 5.74) is 1.11. The summed E-state index contributed by atoms with van der Waals surface area (Å²) >= 11 is 2.13. The number of nitrogens with zero attached hydrogens (tertiary/aromatic N) is 4. The number of rotatable bonds is 1. The molecule has 0 unspecified atom stereocenters. The van der Waals surface area contributed by atoms with Crippen LogP contribution in [0.3, 0.4) is 0 Å². The van der Waals surface area contributed by atoms with Gasteiger partial charge in [-0.25, -0.2) is 0 Å². The van der Waals surface area contributed by atoms with Gasteiger partial charge in [-0.1, -0.05) is 22.6 Å². The van der Waals surface area contributed by atoms with E-state index in [0.29, 0.717) is 15.9 Å². The molecule has 1 aromatic heterocycles. The van der Waals surface area contributed by atoms with Crippen LogP contribution in [0.1, 0.15) is 11.4 Å². The van der Waals surface area contributed by atoms with Gasteiger partial charge in [0, 0.05) is 0 Å². The lowest BCUT2D eigenvalue weighted by molar-refractivity contribution is 0.648. The minimum Gasteiger partial charge on any atom is -0.191 e. The Hall–Kier alpha value is -0.640. The van der Waals surface area contributed by atoms with Gasteiger partial charge in [0.05, 0.1) is 5.69 Å². The fraction of sp³-hybridized carbons (Fsp3) is 0.400. The van der Waals surface area contributed by atoms with Gasteiger partial charge in [0.2, 0.25) is 0 Å². The minimum atomic E-state index is 0.414. The summed E-state index contributed by atoms with van der Waals surface area (Å²) < 4.78 is 0.681. The molecule has 0 atom stereocenters. The molecule has 0 radical (unpaired) electrons. The number of nitriles is 1. The third kappa shape index (κ3) is 1.26. The molecule has 0 N–H and O–H groups in total. The molecule has 4 nitrogen and oxygen atoms in total. The van der Waals surface area contributed by atoms with Crippen LogP contribution in [0.2, 0.25) is 0 Å². The van der Waals surface area contributed by atoms with Crippen LogP contribution < -0.4 is 0 Å². The van der Waals surface area contributed by atoms with E-state index in [-0.39, 0.29) is 0 Å². The third-order valence-corrected chi connectivity index (χ3v) is 1.65. The zero-order valence-electron chi connectivity index (χ0n) is 5.37. The zero-order chi connectivity index (χ0) is 7.56. The van der Waals surface area contributed by atoms with Gasteiger partial charge in [-0.3, -0.25) is 0 Å². The first-order valence-electron chi connectivity index (χ1n) is 2.65. The van der Waals surface area contributed by atoms with Gasteiger partial charge in [0.1, 0.15) is 10.6 Å². The number of aryl methyl sites for hydroxylation is 1. The molecule has 0 saturated carbocycles. The van der Waals surface area contributed by atoms with Crippen molar-refractivity contribution in [2.75, 3.05) is 0 Å². The Morgan fingerprint density at radius 2 is 2.40 bits per heavy atom. The van der Waals surface area contributed by atoms with Crippen LogP contribution in [0.15, 0.2) is 0 Å². The van der Waals surface area contributed by atoms with Gasteiger partial charge in [0.25, 0.3) is 0 Å². The highest BCUT2D eigenvalue weighted by Crippen LogP contribution is 1.99. The number of hydrogen-bond acceptors (Lipinski definition) is 3. The molecule has 10 heavy (non-hydrogen) atoms. The normalized spacial score (nSPS) is 9.30. The number of aromatic nitrogens is 3. The molecule has 0 spiro atoms. The third-order valence-electron chi connectivity index (χ3n) is 1.04. The first-order valence-corrected chi connectivity index (χ1v) is 4.18. The summed E-state index contributed by atoms with van der Waals surface area (Å²) in [7, 11) is 0. The molecule has 0 aliphatic carbocycles. The number of halogens is 1. The van der Waals surface area contributed by atoms with Gasteiger partial charge in [-0.2, -0.15) is 15.2 Å². The highest BCUT2D eigenvalue weighted by molar-refractivity contribution is 14.1. The Kier molecular flexibility index (Phi) is 2.21. The summed E-state index contributed by atoms with van der Waals surface area (Å²) in [6.07, 6.45) is 0. The molecule has 52 valence electrons. The molecule has 0 aliphatic rings. The number of hydrogen-bond donors (Lipinski definition) is 0. The van der Waals surface area contributed by atoms with Crippen LogP contribution in [0, 0.1) is 18.3 Å². The SMILES string of the molecule is Cc1nn(CI)nc1C#N.